The van der Waals surface area contributed by atoms with E-state index in [0.717, 1.165) is 0 Å². The number of carbonyl (C=O) groups excluding carboxylic acids is 1. The molecule has 0 spiro atoms. The highest BCUT2D eigenvalue weighted by atomic mass is 19.3. The molecule has 0 aromatic carbocycles. The van der Waals surface area contributed by atoms with E-state index in [0.29, 0.717) is 16.6 Å². The quantitative estimate of drug-likeness (QED) is 0.340. The molecule has 3 aromatic heterocycles. The third kappa shape index (κ3) is 4.85. The van der Waals surface area contributed by atoms with Crippen LogP contribution in [0.1, 0.15) is 6.42 Å². The van der Waals surface area contributed by atoms with Gasteiger partial charge in [0.15, 0.2) is 11.6 Å². The van der Waals surface area contributed by atoms with Gasteiger partial charge in [0, 0.05) is 36.5 Å². The number of ether oxygens (including phenoxy) is 2. The van der Waals surface area contributed by atoms with Gasteiger partial charge in [-0.25, -0.2) is 14.3 Å². The molecule has 0 radical (unpaired) electrons. The van der Waals surface area contributed by atoms with Gasteiger partial charge >= 0.3 is 12.6 Å². The van der Waals surface area contributed by atoms with Gasteiger partial charge in [0.2, 0.25) is 0 Å². The third-order valence-corrected chi connectivity index (χ3v) is 5.62. The molecule has 11 nitrogen and oxygen atoms in total. The zero-order valence-corrected chi connectivity index (χ0v) is 17.9. The van der Waals surface area contributed by atoms with E-state index in [9.17, 15) is 28.9 Å². The van der Waals surface area contributed by atoms with Gasteiger partial charge in [-0.05, 0) is 30.2 Å². The summed E-state index contributed by atoms with van der Waals surface area (Å²) in [5.41, 5.74) is 1.73. The maximum Gasteiger partial charge on any atom is 0.387 e. The van der Waals surface area contributed by atoms with E-state index >= 15 is 0 Å². The summed E-state index contributed by atoms with van der Waals surface area (Å²) < 4.78 is 36.3. The number of hydrogen-bond acceptors (Lipinski definition) is 8. The van der Waals surface area contributed by atoms with Gasteiger partial charge in [0.25, 0.3) is 5.88 Å². The van der Waals surface area contributed by atoms with E-state index in [2.05, 4.69) is 25.5 Å². The van der Waals surface area contributed by atoms with E-state index in [1.165, 1.54) is 23.9 Å². The third-order valence-electron chi connectivity index (χ3n) is 5.62. The Morgan fingerprint density at radius 1 is 1.26 bits per heavy atom. The van der Waals surface area contributed by atoms with Gasteiger partial charge in [-0.15, -0.1) is 5.10 Å². The van der Waals surface area contributed by atoms with Crippen molar-refractivity contribution in [3.63, 3.8) is 0 Å². The first kappa shape index (κ1) is 23.6. The summed E-state index contributed by atoms with van der Waals surface area (Å²) in [4.78, 5) is 16.3. The summed E-state index contributed by atoms with van der Waals surface area (Å²) in [5.74, 6) is -0.578. The number of nitrogens with one attached hydrogen (secondary N) is 2. The number of pyridine rings is 2. The topological polar surface area (TPSA) is 150 Å². The minimum Gasteiger partial charge on any atom is -0.478 e. The van der Waals surface area contributed by atoms with Gasteiger partial charge in [-0.1, -0.05) is 0 Å². The Morgan fingerprint density at radius 3 is 2.74 bits per heavy atom. The Morgan fingerprint density at radius 2 is 2.06 bits per heavy atom. The molecule has 34 heavy (non-hydrogen) atoms. The Bertz CT molecular complexity index is 1180. The van der Waals surface area contributed by atoms with Crippen molar-refractivity contribution in [2.75, 3.05) is 19.0 Å². The highest BCUT2D eigenvalue weighted by Crippen LogP contribution is 2.32. The van der Waals surface area contributed by atoms with Crippen molar-refractivity contribution in [2.45, 2.75) is 31.3 Å². The number of fused-ring (bicyclic) bond motifs is 1. The van der Waals surface area contributed by atoms with Gasteiger partial charge < -0.3 is 30.1 Å². The molecule has 3 aromatic rings. The van der Waals surface area contributed by atoms with Crippen molar-refractivity contribution in [3.05, 3.63) is 36.7 Å². The molecule has 0 aliphatic heterocycles. The predicted octanol–water partition coefficient (Wildman–Crippen LogP) is 1.23. The highest BCUT2D eigenvalue weighted by molar-refractivity contribution is 5.89. The van der Waals surface area contributed by atoms with Crippen molar-refractivity contribution >= 4 is 17.4 Å². The fourth-order valence-electron chi connectivity index (χ4n) is 3.93. The average molecular weight is 479 g/mol. The minimum atomic E-state index is -3.04. The lowest BCUT2D eigenvalue weighted by atomic mass is 10.1. The molecule has 0 unspecified atom stereocenters. The SMILES string of the molecule is COc1ncc(-c2ccn3nc(NC(=O)N[C@@H]4C[C@H](CO)[C@@H](O)[C@H]4O)cc3c2)cc1OC(F)F. The van der Waals surface area contributed by atoms with Crippen LogP contribution in [0.25, 0.3) is 16.6 Å². The van der Waals surface area contributed by atoms with Crippen molar-refractivity contribution < 1.29 is 38.4 Å². The average Bonchev–Trinajstić information content (AvgIpc) is 3.32. The number of amides is 2. The summed E-state index contributed by atoms with van der Waals surface area (Å²) in [6.45, 7) is -3.34. The van der Waals surface area contributed by atoms with Crippen molar-refractivity contribution in [3.8, 4) is 22.8 Å². The first-order valence-electron chi connectivity index (χ1n) is 10.3. The van der Waals surface area contributed by atoms with Crippen LogP contribution in [0, 0.1) is 5.92 Å². The van der Waals surface area contributed by atoms with Crippen LogP contribution in [0.15, 0.2) is 36.7 Å². The lowest BCUT2D eigenvalue weighted by Crippen LogP contribution is -2.44. The van der Waals surface area contributed by atoms with Crippen LogP contribution in [0.4, 0.5) is 19.4 Å². The summed E-state index contributed by atoms with van der Waals surface area (Å²) in [6, 6.07) is 5.02. The number of aliphatic hydroxyl groups excluding tert-OH is 3. The summed E-state index contributed by atoms with van der Waals surface area (Å²) in [7, 11) is 1.30. The number of alkyl halides is 2. The number of aliphatic hydroxyl groups is 3. The zero-order chi connectivity index (χ0) is 24.4. The fourth-order valence-corrected chi connectivity index (χ4v) is 3.93. The number of rotatable bonds is 7. The maximum absolute atomic E-state index is 12.7. The minimum absolute atomic E-state index is 0.0720. The van der Waals surface area contributed by atoms with Crippen molar-refractivity contribution in [1.29, 1.82) is 0 Å². The van der Waals surface area contributed by atoms with Crippen LogP contribution in [-0.4, -0.2) is 74.5 Å². The Balaban J connectivity index is 1.49. The molecule has 182 valence electrons. The Labute approximate surface area is 191 Å². The normalized spacial score (nSPS) is 22.2. The van der Waals surface area contributed by atoms with Gasteiger partial charge in [-0.3, -0.25) is 5.32 Å². The first-order chi connectivity index (χ1) is 16.3. The highest BCUT2D eigenvalue weighted by Gasteiger charge is 2.41. The van der Waals surface area contributed by atoms with Gasteiger partial charge in [0.05, 0.1) is 24.8 Å². The zero-order valence-electron chi connectivity index (χ0n) is 17.9. The predicted molar refractivity (Wildman–Crippen MR) is 115 cm³/mol. The molecule has 0 bridgehead atoms. The molecular formula is C21H23F2N5O6. The van der Waals surface area contributed by atoms with E-state index < -0.39 is 36.8 Å². The van der Waals surface area contributed by atoms with Gasteiger partial charge in [-0.2, -0.15) is 8.78 Å². The van der Waals surface area contributed by atoms with E-state index in [1.807, 2.05) is 0 Å². The number of nitrogens with zero attached hydrogens (tertiary/aromatic N) is 3. The second kappa shape index (κ2) is 9.75. The van der Waals surface area contributed by atoms with Gasteiger partial charge in [0.1, 0.15) is 6.10 Å². The Hall–Kier alpha value is -3.55. The monoisotopic (exact) mass is 479 g/mol. The molecule has 5 N–H and O–H groups in total. The molecule has 4 atom stereocenters. The lowest BCUT2D eigenvalue weighted by molar-refractivity contribution is -0.0515. The number of urea groups is 1. The van der Waals surface area contributed by atoms with E-state index in [-0.39, 0.29) is 30.5 Å². The molecule has 1 aliphatic carbocycles. The van der Waals surface area contributed by atoms with Crippen LogP contribution in [0.3, 0.4) is 0 Å². The maximum atomic E-state index is 12.7. The smallest absolute Gasteiger partial charge is 0.387 e. The largest absolute Gasteiger partial charge is 0.478 e. The molecule has 2 amide bonds. The summed E-state index contributed by atoms with van der Waals surface area (Å²) in [6.07, 6.45) is 0.988. The lowest BCUT2D eigenvalue weighted by Gasteiger charge is -2.17. The number of hydrogen-bond donors (Lipinski definition) is 5. The molecule has 3 heterocycles. The molecule has 0 saturated heterocycles. The molecule has 4 rings (SSSR count). The van der Waals surface area contributed by atoms with E-state index in [4.69, 9.17) is 4.74 Å². The van der Waals surface area contributed by atoms with Crippen LogP contribution < -0.4 is 20.1 Å². The first-order valence-corrected chi connectivity index (χ1v) is 10.3. The molecule has 13 heteroatoms. The molecule has 1 aliphatic rings. The molecular weight excluding hydrogens is 456 g/mol. The molecule has 1 fully saturated rings. The number of methoxy groups -OCH3 is 1. The van der Waals surface area contributed by atoms with Crippen LogP contribution in [-0.2, 0) is 0 Å². The summed E-state index contributed by atoms with van der Waals surface area (Å²) in [5, 5.41) is 38.5. The van der Waals surface area contributed by atoms with Crippen molar-refractivity contribution in [2.24, 2.45) is 5.92 Å². The van der Waals surface area contributed by atoms with Crippen LogP contribution >= 0.6 is 0 Å². The van der Waals surface area contributed by atoms with Crippen LogP contribution in [0.2, 0.25) is 0 Å². The standard InChI is InChI=1S/C21H23F2N5O6/c1-33-19-15(34-20(22)23)6-11(8-24-19)10-2-3-28-13(4-10)7-16(27-28)26-21(32)25-14-5-12(9-29)17(30)18(14)31/h2-4,6-8,12,14,17-18,20,29-31H,5,9H2,1H3,(H2,25,26,27,32)/t12-,14-,17-,18+/m1/s1. The summed E-state index contributed by atoms with van der Waals surface area (Å²) >= 11 is 0. The van der Waals surface area contributed by atoms with E-state index in [1.54, 1.807) is 24.4 Å². The second-order valence-electron chi connectivity index (χ2n) is 7.79. The number of carbonyl (C=O) groups is 1. The Kier molecular flexibility index (Phi) is 6.77. The molecule has 1 saturated carbocycles. The number of halogens is 2. The van der Waals surface area contributed by atoms with Crippen molar-refractivity contribution in [1.82, 2.24) is 19.9 Å². The number of anilines is 1. The second-order valence-corrected chi connectivity index (χ2v) is 7.79. The number of aromatic nitrogens is 3. The fraction of sp³-hybridized carbons (Fsp3) is 0.381. The van der Waals surface area contributed by atoms with Crippen LogP contribution in [0.5, 0.6) is 11.6 Å².